The van der Waals surface area contributed by atoms with Crippen LogP contribution in [0.15, 0.2) is 58.9 Å². The van der Waals surface area contributed by atoms with Crippen LogP contribution in [0, 0.1) is 17.1 Å². The third kappa shape index (κ3) is 3.26. The zero-order valence-corrected chi connectivity index (χ0v) is 16.8. The third-order valence-electron chi connectivity index (χ3n) is 5.14. The fourth-order valence-electron chi connectivity index (χ4n) is 3.77. The molecule has 6 nitrogen and oxygen atoms in total. The standard InChI is InChI=1S/C23H19FN4O2/c1-4-30-23(29)21-13(2)20(14-7-8-19-17(9-14)12-28(3)27-19)22(26-21)15-5-6-16(11-25)18(24)10-15/h5-10,12,20H,4H2,1-3H3. The van der Waals surface area contributed by atoms with Gasteiger partial charge in [-0.3, -0.25) is 4.68 Å². The van der Waals surface area contributed by atoms with Crippen LogP contribution in [-0.2, 0) is 16.6 Å². The minimum atomic E-state index is -0.624. The van der Waals surface area contributed by atoms with Gasteiger partial charge in [-0.25, -0.2) is 14.2 Å². The molecule has 1 atom stereocenters. The lowest BCUT2D eigenvalue weighted by molar-refractivity contribution is -0.138. The molecule has 0 radical (unpaired) electrons. The average molecular weight is 402 g/mol. The van der Waals surface area contributed by atoms with Crippen LogP contribution >= 0.6 is 0 Å². The number of benzene rings is 2. The number of rotatable bonds is 4. The Bertz CT molecular complexity index is 1280. The molecule has 1 aliphatic rings. The fourth-order valence-corrected chi connectivity index (χ4v) is 3.77. The van der Waals surface area contributed by atoms with Crippen LogP contribution in [0.4, 0.5) is 4.39 Å². The first-order valence-electron chi connectivity index (χ1n) is 9.52. The number of aliphatic imine (C=N–C) groups is 1. The largest absolute Gasteiger partial charge is 0.461 e. The molecule has 1 aromatic heterocycles. The lowest BCUT2D eigenvalue weighted by Gasteiger charge is -2.16. The molecule has 0 spiro atoms. The Morgan fingerprint density at radius 2 is 2.10 bits per heavy atom. The second kappa shape index (κ2) is 7.56. The third-order valence-corrected chi connectivity index (χ3v) is 5.14. The van der Waals surface area contributed by atoms with Crippen LogP contribution in [0.25, 0.3) is 10.9 Å². The highest BCUT2D eigenvalue weighted by Gasteiger charge is 2.33. The first-order chi connectivity index (χ1) is 14.4. The predicted molar refractivity (Wildman–Crippen MR) is 110 cm³/mol. The van der Waals surface area contributed by atoms with Crippen LogP contribution in [0.5, 0.6) is 0 Å². The fraction of sp³-hybridized carbons (Fsp3) is 0.217. The molecule has 30 heavy (non-hydrogen) atoms. The number of fused-ring (bicyclic) bond motifs is 1. The van der Waals surface area contributed by atoms with Gasteiger partial charge in [0.2, 0.25) is 0 Å². The summed E-state index contributed by atoms with van der Waals surface area (Å²) in [7, 11) is 1.85. The second-order valence-corrected chi connectivity index (χ2v) is 7.11. The first-order valence-corrected chi connectivity index (χ1v) is 9.52. The number of carbonyl (C=O) groups excluding carboxylic acids is 1. The van der Waals surface area contributed by atoms with Gasteiger partial charge >= 0.3 is 5.97 Å². The van der Waals surface area contributed by atoms with E-state index in [1.807, 2.05) is 44.4 Å². The topological polar surface area (TPSA) is 80.3 Å². The van der Waals surface area contributed by atoms with E-state index in [2.05, 4.69) is 10.1 Å². The smallest absolute Gasteiger partial charge is 0.356 e. The SMILES string of the molecule is CCOC(=O)C1=C(C)C(c2ccc3nn(C)cc3c2)C(c2ccc(C#N)c(F)c2)=N1. The summed E-state index contributed by atoms with van der Waals surface area (Å²) in [5, 5.41) is 14.4. The second-order valence-electron chi connectivity index (χ2n) is 7.11. The van der Waals surface area contributed by atoms with Gasteiger partial charge in [-0.15, -0.1) is 0 Å². The minimum absolute atomic E-state index is 0.0408. The highest BCUT2D eigenvalue weighted by molar-refractivity contribution is 6.13. The molecule has 0 saturated carbocycles. The molecule has 0 fully saturated rings. The van der Waals surface area contributed by atoms with Crippen molar-refractivity contribution in [3.8, 4) is 6.07 Å². The van der Waals surface area contributed by atoms with E-state index in [1.165, 1.54) is 12.1 Å². The maximum atomic E-state index is 14.3. The quantitative estimate of drug-likeness (QED) is 0.618. The van der Waals surface area contributed by atoms with Gasteiger partial charge in [-0.05, 0) is 54.8 Å². The lowest BCUT2D eigenvalue weighted by Crippen LogP contribution is -2.12. The molecule has 0 N–H and O–H groups in total. The Hall–Kier alpha value is -3.79. The van der Waals surface area contributed by atoms with Gasteiger partial charge in [-0.1, -0.05) is 12.1 Å². The molecule has 2 aromatic carbocycles. The summed E-state index contributed by atoms with van der Waals surface area (Å²) < 4.78 is 21.2. The zero-order valence-electron chi connectivity index (χ0n) is 16.8. The highest BCUT2D eigenvalue weighted by atomic mass is 19.1. The summed E-state index contributed by atoms with van der Waals surface area (Å²) in [5.74, 6) is -1.48. The number of esters is 1. The molecule has 150 valence electrons. The Balaban J connectivity index is 1.86. The van der Waals surface area contributed by atoms with Gasteiger partial charge in [-0.2, -0.15) is 10.4 Å². The molecule has 2 heterocycles. The van der Waals surface area contributed by atoms with Crippen LogP contribution in [0.1, 0.15) is 36.5 Å². The summed E-state index contributed by atoms with van der Waals surface area (Å²) >= 11 is 0. The monoisotopic (exact) mass is 402 g/mol. The molecule has 0 amide bonds. The molecular weight excluding hydrogens is 383 g/mol. The summed E-state index contributed by atoms with van der Waals surface area (Å²) in [5.41, 5.74) is 3.75. The summed E-state index contributed by atoms with van der Waals surface area (Å²) in [6.07, 6.45) is 1.91. The number of aromatic nitrogens is 2. The number of nitriles is 1. The molecule has 3 aromatic rings. The highest BCUT2D eigenvalue weighted by Crippen LogP contribution is 2.38. The number of hydrogen-bond donors (Lipinski definition) is 0. The zero-order chi connectivity index (χ0) is 21.4. The molecule has 0 aliphatic carbocycles. The van der Waals surface area contributed by atoms with E-state index in [9.17, 15) is 9.18 Å². The van der Waals surface area contributed by atoms with Crippen LogP contribution in [0.3, 0.4) is 0 Å². The van der Waals surface area contributed by atoms with Gasteiger partial charge in [0.15, 0.2) is 0 Å². The van der Waals surface area contributed by atoms with E-state index in [0.717, 1.165) is 22.0 Å². The van der Waals surface area contributed by atoms with Crippen molar-refractivity contribution < 1.29 is 13.9 Å². The minimum Gasteiger partial charge on any atom is -0.461 e. The Morgan fingerprint density at radius 3 is 2.80 bits per heavy atom. The van der Waals surface area contributed by atoms with Crippen LogP contribution in [0.2, 0.25) is 0 Å². The average Bonchev–Trinajstić information content (AvgIpc) is 3.26. The number of nitrogens with zero attached hydrogens (tertiary/aromatic N) is 4. The summed E-state index contributed by atoms with van der Waals surface area (Å²) in [6, 6.07) is 12.0. The number of allylic oxidation sites excluding steroid dienone is 1. The maximum Gasteiger partial charge on any atom is 0.356 e. The van der Waals surface area contributed by atoms with E-state index in [4.69, 9.17) is 10.00 Å². The molecule has 1 unspecified atom stereocenters. The van der Waals surface area contributed by atoms with E-state index in [0.29, 0.717) is 11.3 Å². The van der Waals surface area contributed by atoms with Gasteiger partial charge in [0.25, 0.3) is 0 Å². The Labute approximate surface area is 172 Å². The van der Waals surface area contributed by atoms with Crippen molar-refractivity contribution in [2.24, 2.45) is 12.0 Å². The van der Waals surface area contributed by atoms with Gasteiger partial charge in [0.05, 0.1) is 29.3 Å². The molecule has 0 bridgehead atoms. The van der Waals surface area contributed by atoms with Gasteiger partial charge in [0, 0.05) is 18.6 Å². The van der Waals surface area contributed by atoms with E-state index in [1.54, 1.807) is 17.7 Å². The van der Waals surface area contributed by atoms with Crippen molar-refractivity contribution in [2.75, 3.05) is 6.61 Å². The summed E-state index contributed by atoms with van der Waals surface area (Å²) in [4.78, 5) is 17.0. The number of halogens is 1. The van der Waals surface area contributed by atoms with E-state index >= 15 is 0 Å². The molecule has 7 heteroatoms. The van der Waals surface area contributed by atoms with Gasteiger partial charge in [0.1, 0.15) is 17.6 Å². The Morgan fingerprint density at radius 1 is 1.30 bits per heavy atom. The van der Waals surface area contributed by atoms with Crippen molar-refractivity contribution in [3.63, 3.8) is 0 Å². The first kappa shape index (κ1) is 19.5. The molecule has 0 saturated heterocycles. The van der Waals surface area contributed by atoms with Crippen molar-refractivity contribution in [2.45, 2.75) is 19.8 Å². The van der Waals surface area contributed by atoms with Crippen LogP contribution < -0.4 is 0 Å². The predicted octanol–water partition coefficient (Wildman–Crippen LogP) is 4.01. The Kier molecular flexibility index (Phi) is 4.92. The number of carbonyl (C=O) groups is 1. The number of aryl methyl sites for hydroxylation is 1. The van der Waals surface area contributed by atoms with Crippen molar-refractivity contribution in [3.05, 3.63) is 76.4 Å². The van der Waals surface area contributed by atoms with Crippen molar-refractivity contribution in [1.82, 2.24) is 9.78 Å². The van der Waals surface area contributed by atoms with Crippen LogP contribution in [-0.4, -0.2) is 28.1 Å². The van der Waals surface area contributed by atoms with E-state index < -0.39 is 11.8 Å². The van der Waals surface area contributed by atoms with E-state index in [-0.39, 0.29) is 23.8 Å². The van der Waals surface area contributed by atoms with Gasteiger partial charge < -0.3 is 4.74 Å². The van der Waals surface area contributed by atoms with Crippen molar-refractivity contribution in [1.29, 1.82) is 5.26 Å². The lowest BCUT2D eigenvalue weighted by atomic mass is 9.85. The molecule has 1 aliphatic heterocycles. The maximum absolute atomic E-state index is 14.3. The normalized spacial score (nSPS) is 16.0. The van der Waals surface area contributed by atoms with Crippen molar-refractivity contribution >= 4 is 22.6 Å². The number of hydrogen-bond acceptors (Lipinski definition) is 5. The molecule has 4 rings (SSSR count). The number of ether oxygens (including phenoxy) is 1. The molecular formula is C23H19FN4O2. The summed E-state index contributed by atoms with van der Waals surface area (Å²) in [6.45, 7) is 3.80.